The summed E-state index contributed by atoms with van der Waals surface area (Å²) in [4.78, 5) is 2.69. The van der Waals surface area contributed by atoms with Gasteiger partial charge in [-0.1, -0.05) is 19.8 Å². The molecule has 2 heterocycles. The van der Waals surface area contributed by atoms with Crippen LogP contribution in [0, 0.1) is 5.92 Å². The molecule has 3 unspecified atom stereocenters. The standard InChI is InChI=1S/C17H34N2O/c1-3-6-16-7-4-10-19(11-9-16)15(2)13-18-14-17-8-5-12-20-17/h15-18H,3-14H2,1-2H3. The van der Waals surface area contributed by atoms with E-state index in [1.54, 1.807) is 0 Å². The Balaban J connectivity index is 1.62. The van der Waals surface area contributed by atoms with Gasteiger partial charge in [0.15, 0.2) is 0 Å². The fourth-order valence-electron chi connectivity index (χ4n) is 3.71. The molecule has 3 heteroatoms. The number of nitrogens with one attached hydrogen (secondary N) is 1. The van der Waals surface area contributed by atoms with E-state index in [4.69, 9.17) is 4.74 Å². The molecule has 0 aromatic carbocycles. The summed E-state index contributed by atoms with van der Waals surface area (Å²) in [6.07, 6.45) is 9.98. The molecule has 118 valence electrons. The van der Waals surface area contributed by atoms with Gasteiger partial charge >= 0.3 is 0 Å². The molecule has 2 rings (SSSR count). The summed E-state index contributed by atoms with van der Waals surface area (Å²) in [5, 5.41) is 3.61. The van der Waals surface area contributed by atoms with Crippen molar-refractivity contribution in [1.29, 1.82) is 0 Å². The van der Waals surface area contributed by atoms with Crippen LogP contribution in [0.2, 0.25) is 0 Å². The fraction of sp³-hybridized carbons (Fsp3) is 1.00. The van der Waals surface area contributed by atoms with Crippen molar-refractivity contribution in [3.63, 3.8) is 0 Å². The summed E-state index contributed by atoms with van der Waals surface area (Å²) in [5.41, 5.74) is 0. The quantitative estimate of drug-likeness (QED) is 0.777. The molecule has 2 aliphatic heterocycles. The van der Waals surface area contributed by atoms with Gasteiger partial charge in [0, 0.05) is 25.7 Å². The normalized spacial score (nSPS) is 30.3. The van der Waals surface area contributed by atoms with Crippen molar-refractivity contribution in [3.8, 4) is 0 Å². The lowest BCUT2D eigenvalue weighted by molar-refractivity contribution is 0.107. The van der Waals surface area contributed by atoms with Crippen molar-refractivity contribution in [2.24, 2.45) is 5.92 Å². The molecule has 0 amide bonds. The van der Waals surface area contributed by atoms with E-state index in [1.807, 2.05) is 0 Å². The van der Waals surface area contributed by atoms with E-state index in [1.165, 1.54) is 58.0 Å². The van der Waals surface area contributed by atoms with Gasteiger partial charge in [0.2, 0.25) is 0 Å². The molecule has 2 fully saturated rings. The zero-order valence-electron chi connectivity index (χ0n) is 13.6. The lowest BCUT2D eigenvalue weighted by atomic mass is 9.96. The van der Waals surface area contributed by atoms with Crippen molar-refractivity contribution in [2.45, 2.75) is 70.9 Å². The first-order valence-corrected chi connectivity index (χ1v) is 8.86. The van der Waals surface area contributed by atoms with Crippen LogP contribution in [0.3, 0.4) is 0 Å². The Kier molecular flexibility index (Phi) is 7.32. The molecule has 0 saturated carbocycles. The number of rotatable bonds is 7. The minimum absolute atomic E-state index is 0.472. The number of ether oxygens (including phenoxy) is 1. The van der Waals surface area contributed by atoms with Gasteiger partial charge in [-0.3, -0.25) is 4.90 Å². The summed E-state index contributed by atoms with van der Waals surface area (Å²) in [6.45, 7) is 10.4. The van der Waals surface area contributed by atoms with Crippen LogP contribution in [0.25, 0.3) is 0 Å². The Morgan fingerprint density at radius 3 is 2.85 bits per heavy atom. The third-order valence-corrected chi connectivity index (χ3v) is 5.04. The molecule has 0 aromatic rings. The van der Waals surface area contributed by atoms with Crippen molar-refractivity contribution in [2.75, 3.05) is 32.8 Å². The maximum atomic E-state index is 5.67. The molecular formula is C17H34N2O. The van der Waals surface area contributed by atoms with E-state index < -0.39 is 0 Å². The van der Waals surface area contributed by atoms with Crippen LogP contribution in [0.5, 0.6) is 0 Å². The van der Waals surface area contributed by atoms with Crippen molar-refractivity contribution in [1.82, 2.24) is 10.2 Å². The maximum absolute atomic E-state index is 5.67. The Morgan fingerprint density at radius 2 is 2.10 bits per heavy atom. The van der Waals surface area contributed by atoms with Gasteiger partial charge in [0.1, 0.15) is 0 Å². The van der Waals surface area contributed by atoms with Gasteiger partial charge in [-0.05, 0) is 58.0 Å². The molecule has 1 N–H and O–H groups in total. The molecule has 0 radical (unpaired) electrons. The van der Waals surface area contributed by atoms with E-state index in [0.717, 1.165) is 25.6 Å². The molecule has 3 nitrogen and oxygen atoms in total. The number of hydrogen-bond donors (Lipinski definition) is 1. The SMILES string of the molecule is CCCC1CCCN(C(C)CNCC2CCCO2)CC1. The van der Waals surface area contributed by atoms with Gasteiger partial charge in [-0.2, -0.15) is 0 Å². The summed E-state index contributed by atoms with van der Waals surface area (Å²) in [6, 6.07) is 0.664. The molecule has 2 aliphatic rings. The largest absolute Gasteiger partial charge is 0.377 e. The second-order valence-electron chi connectivity index (χ2n) is 6.76. The van der Waals surface area contributed by atoms with Crippen LogP contribution in [0.4, 0.5) is 0 Å². The van der Waals surface area contributed by atoms with Crippen molar-refractivity contribution < 1.29 is 4.74 Å². The van der Waals surface area contributed by atoms with Crippen LogP contribution in [0.1, 0.15) is 58.8 Å². The first-order chi connectivity index (χ1) is 9.79. The van der Waals surface area contributed by atoms with E-state index in [-0.39, 0.29) is 0 Å². The molecule has 0 aliphatic carbocycles. The second-order valence-corrected chi connectivity index (χ2v) is 6.76. The Labute approximate surface area is 125 Å². The minimum atomic E-state index is 0.472. The predicted octanol–water partition coefficient (Wildman–Crippen LogP) is 3.05. The zero-order chi connectivity index (χ0) is 14.2. The van der Waals surface area contributed by atoms with Gasteiger partial charge in [0.25, 0.3) is 0 Å². The molecule has 0 aromatic heterocycles. The highest BCUT2D eigenvalue weighted by Gasteiger charge is 2.20. The highest BCUT2D eigenvalue weighted by atomic mass is 16.5. The summed E-state index contributed by atoms with van der Waals surface area (Å²) >= 11 is 0. The average Bonchev–Trinajstić information content (AvgIpc) is 2.84. The van der Waals surface area contributed by atoms with E-state index in [0.29, 0.717) is 12.1 Å². The molecule has 20 heavy (non-hydrogen) atoms. The van der Waals surface area contributed by atoms with Gasteiger partial charge in [0.05, 0.1) is 6.10 Å². The fourth-order valence-corrected chi connectivity index (χ4v) is 3.71. The lowest BCUT2D eigenvalue weighted by Gasteiger charge is -2.28. The lowest BCUT2D eigenvalue weighted by Crippen LogP contribution is -2.42. The first kappa shape index (κ1) is 16.3. The van der Waals surface area contributed by atoms with Crippen LogP contribution < -0.4 is 5.32 Å². The van der Waals surface area contributed by atoms with E-state index in [9.17, 15) is 0 Å². The smallest absolute Gasteiger partial charge is 0.0700 e. The van der Waals surface area contributed by atoms with Crippen LogP contribution in [0.15, 0.2) is 0 Å². The highest BCUT2D eigenvalue weighted by molar-refractivity contribution is 4.76. The summed E-state index contributed by atoms with van der Waals surface area (Å²) in [5.74, 6) is 0.983. The van der Waals surface area contributed by atoms with Crippen molar-refractivity contribution >= 4 is 0 Å². The maximum Gasteiger partial charge on any atom is 0.0700 e. The number of hydrogen-bond acceptors (Lipinski definition) is 3. The third-order valence-electron chi connectivity index (χ3n) is 5.04. The van der Waals surface area contributed by atoms with Crippen LogP contribution in [-0.2, 0) is 4.74 Å². The Morgan fingerprint density at radius 1 is 1.20 bits per heavy atom. The molecular weight excluding hydrogens is 248 g/mol. The van der Waals surface area contributed by atoms with Crippen LogP contribution in [-0.4, -0.2) is 49.8 Å². The molecule has 2 saturated heterocycles. The average molecular weight is 282 g/mol. The minimum Gasteiger partial charge on any atom is -0.377 e. The van der Waals surface area contributed by atoms with Gasteiger partial charge in [-0.15, -0.1) is 0 Å². The summed E-state index contributed by atoms with van der Waals surface area (Å²) in [7, 11) is 0. The molecule has 3 atom stereocenters. The predicted molar refractivity (Wildman–Crippen MR) is 85.1 cm³/mol. The number of likely N-dealkylation sites (tertiary alicyclic amines) is 1. The topological polar surface area (TPSA) is 24.5 Å². The summed E-state index contributed by atoms with van der Waals surface area (Å²) < 4.78 is 5.67. The molecule has 0 spiro atoms. The van der Waals surface area contributed by atoms with Crippen LogP contribution >= 0.6 is 0 Å². The van der Waals surface area contributed by atoms with Gasteiger partial charge in [-0.25, -0.2) is 0 Å². The first-order valence-electron chi connectivity index (χ1n) is 8.86. The Bertz CT molecular complexity index is 253. The van der Waals surface area contributed by atoms with E-state index >= 15 is 0 Å². The third kappa shape index (κ3) is 5.34. The van der Waals surface area contributed by atoms with Gasteiger partial charge < -0.3 is 10.1 Å². The monoisotopic (exact) mass is 282 g/mol. The highest BCUT2D eigenvalue weighted by Crippen LogP contribution is 2.22. The Hall–Kier alpha value is -0.120. The van der Waals surface area contributed by atoms with Crippen molar-refractivity contribution in [3.05, 3.63) is 0 Å². The second kappa shape index (κ2) is 9.01. The van der Waals surface area contributed by atoms with E-state index in [2.05, 4.69) is 24.1 Å². The molecule has 0 bridgehead atoms. The zero-order valence-corrected chi connectivity index (χ0v) is 13.6. The number of nitrogens with zero attached hydrogens (tertiary/aromatic N) is 1.